The number of aromatic nitrogens is 2. The lowest BCUT2D eigenvalue weighted by Crippen LogP contribution is -2.20. The zero-order valence-electron chi connectivity index (χ0n) is 17.2. The summed E-state index contributed by atoms with van der Waals surface area (Å²) in [5.41, 5.74) is -0.772. The number of benzene rings is 2. The molecule has 0 aliphatic carbocycles. The fourth-order valence-electron chi connectivity index (χ4n) is 3.34. The number of carbonyl (C=O) groups is 1. The molecule has 1 aromatic heterocycles. The predicted octanol–water partition coefficient (Wildman–Crippen LogP) is 4.69. The summed E-state index contributed by atoms with van der Waals surface area (Å²) in [6.07, 6.45) is -2.72. The summed E-state index contributed by atoms with van der Waals surface area (Å²) >= 11 is 0. The molecule has 33 heavy (non-hydrogen) atoms. The van der Waals surface area contributed by atoms with Gasteiger partial charge in [0.1, 0.15) is 11.0 Å². The van der Waals surface area contributed by atoms with E-state index in [-0.39, 0.29) is 27.1 Å². The van der Waals surface area contributed by atoms with Crippen molar-refractivity contribution in [2.45, 2.75) is 37.4 Å². The van der Waals surface area contributed by atoms with Crippen LogP contribution in [0.4, 0.5) is 27.6 Å². The van der Waals surface area contributed by atoms with E-state index in [9.17, 15) is 31.0 Å². The molecule has 6 nitrogen and oxygen atoms in total. The number of amides is 1. The molecule has 0 bridgehead atoms. The molecule has 1 amide bonds. The summed E-state index contributed by atoms with van der Waals surface area (Å²) in [5, 5.41) is 11.1. The Labute approximate surface area is 188 Å². The van der Waals surface area contributed by atoms with Gasteiger partial charge >= 0.3 is 12.7 Å². The number of nitrogens with zero attached hydrogens (tertiary/aromatic N) is 2. The Balaban J connectivity index is 2.04. The van der Waals surface area contributed by atoms with E-state index in [4.69, 9.17) is 5.14 Å². The molecule has 3 N–H and O–H groups in total. The second-order valence-electron chi connectivity index (χ2n) is 7.02. The number of hydrogen-bond donors (Lipinski definition) is 2. The Morgan fingerprint density at radius 3 is 2.42 bits per heavy atom. The van der Waals surface area contributed by atoms with E-state index in [0.717, 1.165) is 24.0 Å². The Bertz CT molecular complexity index is 1190. The van der Waals surface area contributed by atoms with Gasteiger partial charge in [0.2, 0.25) is 5.91 Å². The average Bonchev–Trinajstić information content (AvgIpc) is 3.23. The van der Waals surface area contributed by atoms with Crippen LogP contribution in [0.1, 0.15) is 30.2 Å². The first kappa shape index (κ1) is 24.5. The maximum Gasteiger partial charge on any atom is 0.418 e. The van der Waals surface area contributed by atoms with Crippen LogP contribution in [0.15, 0.2) is 53.7 Å². The van der Waals surface area contributed by atoms with Crippen LogP contribution in [0.3, 0.4) is 0 Å². The maximum absolute atomic E-state index is 13.8. The first-order valence-electron chi connectivity index (χ1n) is 9.62. The number of rotatable bonds is 7. The molecule has 12 heteroatoms. The van der Waals surface area contributed by atoms with Crippen molar-refractivity contribution in [2.75, 3.05) is 5.32 Å². The monoisotopic (exact) mass is 486 g/mol. The number of alkyl halides is 5. The van der Waals surface area contributed by atoms with E-state index in [0.29, 0.717) is 18.1 Å². The Hall–Kier alpha value is -3.12. The molecule has 3 aromatic rings. The highest BCUT2D eigenvalue weighted by Gasteiger charge is 2.36. The summed E-state index contributed by atoms with van der Waals surface area (Å²) in [6.45, 7) is -1.13. The number of anilines is 1. The van der Waals surface area contributed by atoms with Gasteiger partial charge in [-0.3, -0.25) is 4.79 Å². The van der Waals surface area contributed by atoms with Crippen molar-refractivity contribution >= 4 is 22.6 Å². The molecule has 0 aliphatic heterocycles. The zero-order chi connectivity index (χ0) is 24.3. The molecule has 2 aromatic carbocycles. The first-order chi connectivity index (χ1) is 15.5. The fraction of sp³-hybridized carbons (Fsp3) is 0.238. The van der Waals surface area contributed by atoms with Crippen molar-refractivity contribution in [1.82, 2.24) is 9.78 Å². The Morgan fingerprint density at radius 1 is 1.21 bits per heavy atom. The van der Waals surface area contributed by atoms with Gasteiger partial charge in [0, 0.05) is 17.3 Å². The van der Waals surface area contributed by atoms with Crippen molar-refractivity contribution in [3.05, 3.63) is 65.5 Å². The van der Waals surface area contributed by atoms with Crippen LogP contribution in [0.25, 0.3) is 11.1 Å². The zero-order valence-corrected chi connectivity index (χ0v) is 18.0. The maximum atomic E-state index is 13.8. The van der Waals surface area contributed by atoms with Gasteiger partial charge in [-0.05, 0) is 29.7 Å². The molecule has 0 spiro atoms. The molecule has 1 heterocycles. The standard InChI is InChI=1S/C21H19F5N4O2S/c1-2-12-5-3-4-6-13(12)7-19(31)29-17-9-18(33(27)32)15(8-16(17)21(24,25)26)14-10-28-30(11-14)20(22)23/h3-6,8-11,20H,2,7,27H2,1H3,(H,29,31). The van der Waals surface area contributed by atoms with Crippen molar-refractivity contribution < 1.29 is 31.0 Å². The van der Waals surface area contributed by atoms with Gasteiger partial charge < -0.3 is 5.32 Å². The highest BCUT2D eigenvalue weighted by atomic mass is 32.2. The lowest BCUT2D eigenvalue weighted by atomic mass is 10.0. The van der Waals surface area contributed by atoms with Crippen LogP contribution in [-0.2, 0) is 34.8 Å². The van der Waals surface area contributed by atoms with Crippen LogP contribution < -0.4 is 10.5 Å². The normalized spacial score (nSPS) is 12.7. The largest absolute Gasteiger partial charge is 0.418 e. The number of aryl methyl sites for hydroxylation is 1. The van der Waals surface area contributed by atoms with Crippen LogP contribution in [0.5, 0.6) is 0 Å². The van der Waals surface area contributed by atoms with Gasteiger partial charge in [0.15, 0.2) is 0 Å². The molecule has 0 aliphatic rings. The van der Waals surface area contributed by atoms with E-state index in [1.807, 2.05) is 13.0 Å². The topological polar surface area (TPSA) is 90.0 Å². The number of halogens is 5. The van der Waals surface area contributed by atoms with E-state index >= 15 is 0 Å². The number of nitrogens with two attached hydrogens (primary N) is 1. The van der Waals surface area contributed by atoms with Crippen LogP contribution in [-0.4, -0.2) is 19.9 Å². The molecule has 1 atom stereocenters. The smallest absolute Gasteiger partial charge is 0.325 e. The summed E-state index contributed by atoms with van der Waals surface area (Å²) in [4.78, 5) is 12.3. The molecule has 1 unspecified atom stereocenters. The SMILES string of the molecule is CCc1ccccc1CC(=O)Nc1cc(S(N)=O)c(-c2cnn(C(F)F)c2)cc1C(F)(F)F. The lowest BCUT2D eigenvalue weighted by Gasteiger charge is -2.18. The minimum Gasteiger partial charge on any atom is -0.325 e. The van der Waals surface area contributed by atoms with Gasteiger partial charge in [-0.15, -0.1) is 0 Å². The van der Waals surface area contributed by atoms with Gasteiger partial charge in [-0.25, -0.2) is 14.0 Å². The second-order valence-corrected chi connectivity index (χ2v) is 8.06. The second kappa shape index (κ2) is 9.79. The van der Waals surface area contributed by atoms with E-state index in [1.54, 1.807) is 18.2 Å². The average molecular weight is 486 g/mol. The summed E-state index contributed by atoms with van der Waals surface area (Å²) in [5.74, 6) is -0.714. The lowest BCUT2D eigenvalue weighted by molar-refractivity contribution is -0.137. The third-order valence-corrected chi connectivity index (χ3v) is 5.65. The molecule has 0 fully saturated rings. The molecule has 3 rings (SSSR count). The van der Waals surface area contributed by atoms with Crippen LogP contribution >= 0.6 is 0 Å². The van der Waals surface area contributed by atoms with Crippen LogP contribution in [0.2, 0.25) is 0 Å². The van der Waals surface area contributed by atoms with Crippen molar-refractivity contribution in [2.24, 2.45) is 5.14 Å². The van der Waals surface area contributed by atoms with Crippen LogP contribution in [0, 0.1) is 0 Å². The third-order valence-electron chi connectivity index (χ3n) is 4.88. The minimum atomic E-state index is -4.91. The van der Waals surface area contributed by atoms with Crippen molar-refractivity contribution in [3.8, 4) is 11.1 Å². The van der Waals surface area contributed by atoms with Gasteiger partial charge in [-0.2, -0.15) is 27.1 Å². The summed E-state index contributed by atoms with van der Waals surface area (Å²) < 4.78 is 79.4. The minimum absolute atomic E-state index is 0.135. The van der Waals surface area contributed by atoms with Crippen molar-refractivity contribution in [3.63, 3.8) is 0 Å². The van der Waals surface area contributed by atoms with Gasteiger partial charge in [0.05, 0.1) is 28.8 Å². The van der Waals surface area contributed by atoms with Gasteiger partial charge in [-0.1, -0.05) is 31.2 Å². The highest BCUT2D eigenvalue weighted by molar-refractivity contribution is 7.82. The van der Waals surface area contributed by atoms with Crippen molar-refractivity contribution in [1.29, 1.82) is 0 Å². The number of nitrogens with one attached hydrogen (secondary N) is 1. The molecular formula is C21H19F5N4O2S. The molecular weight excluding hydrogens is 467 g/mol. The van der Waals surface area contributed by atoms with Gasteiger partial charge in [0.25, 0.3) is 0 Å². The first-order valence-corrected chi connectivity index (χ1v) is 10.8. The predicted molar refractivity (Wildman–Crippen MR) is 113 cm³/mol. The molecule has 0 radical (unpaired) electrons. The third kappa shape index (κ3) is 5.63. The summed E-state index contributed by atoms with van der Waals surface area (Å²) in [7, 11) is -2.29. The molecule has 176 valence electrons. The van der Waals surface area contributed by atoms with E-state index in [2.05, 4.69) is 10.4 Å². The molecule has 0 saturated heterocycles. The summed E-state index contributed by atoms with van der Waals surface area (Å²) in [6, 6.07) is 8.48. The van der Waals surface area contributed by atoms with E-state index in [1.165, 1.54) is 0 Å². The van der Waals surface area contributed by atoms with E-state index < -0.39 is 40.9 Å². The molecule has 0 saturated carbocycles. The Morgan fingerprint density at radius 2 is 1.88 bits per heavy atom. The highest BCUT2D eigenvalue weighted by Crippen LogP contribution is 2.40. The number of hydrogen-bond acceptors (Lipinski definition) is 3. The quantitative estimate of drug-likeness (QED) is 0.475. The fourth-order valence-corrected chi connectivity index (χ4v) is 3.96. The Kier molecular flexibility index (Phi) is 7.28. The number of carbonyl (C=O) groups excluding carboxylic acids is 1.